The Hall–Kier alpha value is -2.28. The van der Waals surface area contributed by atoms with Crippen molar-refractivity contribution in [2.24, 2.45) is 0 Å². The van der Waals surface area contributed by atoms with Crippen LogP contribution in [0.1, 0.15) is 37.7 Å². The minimum Gasteiger partial charge on any atom is -0.376 e. The first-order valence-corrected chi connectivity index (χ1v) is 7.82. The van der Waals surface area contributed by atoms with Crippen molar-refractivity contribution in [2.45, 2.75) is 45.1 Å². The van der Waals surface area contributed by atoms with Gasteiger partial charge in [-0.15, -0.1) is 0 Å². The van der Waals surface area contributed by atoms with Gasteiger partial charge < -0.3 is 10.2 Å². The quantitative estimate of drug-likeness (QED) is 0.682. The highest BCUT2D eigenvalue weighted by molar-refractivity contribution is 6.06. The van der Waals surface area contributed by atoms with Gasteiger partial charge >= 0.3 is 0 Å². The van der Waals surface area contributed by atoms with Crippen molar-refractivity contribution >= 4 is 11.6 Å². The molecule has 22 heavy (non-hydrogen) atoms. The van der Waals surface area contributed by atoms with Crippen molar-refractivity contribution < 1.29 is 4.79 Å². The molecular weight excluding hydrogens is 274 g/mol. The maximum Gasteiger partial charge on any atom is 0.267 e. The minimum absolute atomic E-state index is 0.149. The Morgan fingerprint density at radius 2 is 2.00 bits per heavy atom. The summed E-state index contributed by atoms with van der Waals surface area (Å²) in [6.45, 7) is 1.93. The number of amides is 1. The molecule has 1 amide bonds. The van der Waals surface area contributed by atoms with Crippen LogP contribution in [0.15, 0.2) is 36.0 Å². The second-order valence-corrected chi connectivity index (χ2v) is 5.88. The molecule has 0 radical (unpaired) electrons. The number of benzene rings is 1. The summed E-state index contributed by atoms with van der Waals surface area (Å²) >= 11 is 0. The first-order valence-electron chi connectivity index (χ1n) is 7.82. The number of para-hydroxylation sites is 1. The smallest absolute Gasteiger partial charge is 0.267 e. The van der Waals surface area contributed by atoms with Gasteiger partial charge in [0.2, 0.25) is 0 Å². The molecule has 1 aliphatic rings. The normalized spacial score (nSPS) is 16.0. The van der Waals surface area contributed by atoms with Crippen LogP contribution >= 0.6 is 0 Å². The maximum atomic E-state index is 12.3. The SMILES string of the molecule is Cc1ccccc1NC(=O)/C(C#N)=C\N(C)C1CCCCC1. The number of nitrogens with zero attached hydrogens (tertiary/aromatic N) is 2. The van der Waals surface area contributed by atoms with Crippen molar-refractivity contribution in [1.29, 1.82) is 5.26 Å². The Morgan fingerprint density at radius 1 is 1.32 bits per heavy atom. The number of hydrogen-bond acceptors (Lipinski definition) is 3. The standard InChI is InChI=1S/C18H23N3O/c1-14-8-6-7-11-17(14)20-18(22)15(12-19)13-21(2)16-9-4-3-5-10-16/h6-8,11,13,16H,3-5,9-10H2,1-2H3,(H,20,22)/b15-13-. The number of carbonyl (C=O) groups is 1. The van der Waals surface area contributed by atoms with E-state index in [2.05, 4.69) is 5.32 Å². The van der Waals surface area contributed by atoms with E-state index in [0.717, 1.165) is 24.1 Å². The van der Waals surface area contributed by atoms with E-state index in [1.54, 1.807) is 6.20 Å². The lowest BCUT2D eigenvalue weighted by atomic mass is 9.94. The predicted molar refractivity (Wildman–Crippen MR) is 88.1 cm³/mol. The van der Waals surface area contributed by atoms with Crippen LogP contribution in [0.3, 0.4) is 0 Å². The third kappa shape index (κ3) is 4.11. The summed E-state index contributed by atoms with van der Waals surface area (Å²) in [6.07, 6.45) is 7.67. The summed E-state index contributed by atoms with van der Waals surface area (Å²) in [5.74, 6) is -0.348. The lowest BCUT2D eigenvalue weighted by Crippen LogP contribution is -2.30. The zero-order valence-corrected chi connectivity index (χ0v) is 13.3. The van der Waals surface area contributed by atoms with Gasteiger partial charge in [0.1, 0.15) is 11.6 Å². The molecule has 1 saturated carbocycles. The molecule has 1 fully saturated rings. The summed E-state index contributed by atoms with van der Waals surface area (Å²) in [5.41, 5.74) is 1.87. The Morgan fingerprint density at radius 3 is 2.64 bits per heavy atom. The van der Waals surface area contributed by atoms with E-state index in [4.69, 9.17) is 0 Å². The molecule has 1 aromatic carbocycles. The highest BCUT2D eigenvalue weighted by atomic mass is 16.1. The molecule has 0 bridgehead atoms. The first kappa shape index (κ1) is 16.1. The van der Waals surface area contributed by atoms with Gasteiger partial charge in [0, 0.05) is 25.0 Å². The topological polar surface area (TPSA) is 56.1 Å². The Labute approximate surface area is 132 Å². The molecule has 0 spiro atoms. The molecule has 0 aliphatic heterocycles. The van der Waals surface area contributed by atoms with Gasteiger partial charge in [-0.3, -0.25) is 4.79 Å². The highest BCUT2D eigenvalue weighted by Gasteiger charge is 2.18. The molecule has 4 nitrogen and oxygen atoms in total. The van der Waals surface area contributed by atoms with Gasteiger partial charge in [0.25, 0.3) is 5.91 Å². The number of anilines is 1. The third-order valence-electron chi connectivity index (χ3n) is 4.24. The van der Waals surface area contributed by atoms with Crippen LogP contribution in [0.4, 0.5) is 5.69 Å². The summed E-state index contributed by atoms with van der Waals surface area (Å²) < 4.78 is 0. The third-order valence-corrected chi connectivity index (χ3v) is 4.24. The van der Waals surface area contributed by atoms with Crippen molar-refractivity contribution in [3.05, 3.63) is 41.6 Å². The minimum atomic E-state index is -0.348. The van der Waals surface area contributed by atoms with Gasteiger partial charge in [-0.05, 0) is 31.4 Å². The van der Waals surface area contributed by atoms with Crippen molar-refractivity contribution in [1.82, 2.24) is 4.90 Å². The van der Waals surface area contributed by atoms with Crippen LogP contribution in [0, 0.1) is 18.3 Å². The summed E-state index contributed by atoms with van der Waals surface area (Å²) in [4.78, 5) is 14.3. The fourth-order valence-corrected chi connectivity index (χ4v) is 2.84. The number of carbonyl (C=O) groups excluding carboxylic acids is 1. The molecular formula is C18H23N3O. The lowest BCUT2D eigenvalue weighted by molar-refractivity contribution is -0.112. The molecule has 4 heteroatoms. The fourth-order valence-electron chi connectivity index (χ4n) is 2.84. The molecule has 116 valence electrons. The summed E-state index contributed by atoms with van der Waals surface area (Å²) in [6, 6.07) is 10.0. The molecule has 0 aromatic heterocycles. The monoisotopic (exact) mass is 297 g/mol. The largest absolute Gasteiger partial charge is 0.376 e. The average Bonchev–Trinajstić information content (AvgIpc) is 2.55. The first-order chi connectivity index (χ1) is 10.6. The number of hydrogen-bond donors (Lipinski definition) is 1. The zero-order valence-electron chi connectivity index (χ0n) is 13.3. The van der Waals surface area contributed by atoms with Gasteiger partial charge in [-0.25, -0.2) is 0 Å². The summed E-state index contributed by atoms with van der Waals surface area (Å²) in [7, 11) is 1.95. The Kier molecular flexibility index (Phi) is 5.60. The van der Waals surface area contributed by atoms with Gasteiger partial charge in [-0.2, -0.15) is 5.26 Å². The predicted octanol–water partition coefficient (Wildman–Crippen LogP) is 3.61. The second kappa shape index (κ2) is 7.65. The van der Waals surface area contributed by atoms with Crippen LogP contribution in [-0.2, 0) is 4.79 Å². The van der Waals surface area contributed by atoms with Crippen molar-refractivity contribution in [3.63, 3.8) is 0 Å². The van der Waals surface area contributed by atoms with Crippen molar-refractivity contribution in [3.8, 4) is 6.07 Å². The highest BCUT2D eigenvalue weighted by Crippen LogP contribution is 2.22. The van der Waals surface area contributed by atoms with E-state index in [-0.39, 0.29) is 11.5 Å². The molecule has 2 rings (SSSR count). The van der Waals surface area contributed by atoms with E-state index in [1.807, 2.05) is 49.2 Å². The zero-order chi connectivity index (χ0) is 15.9. The van der Waals surface area contributed by atoms with Crippen molar-refractivity contribution in [2.75, 3.05) is 12.4 Å². The number of rotatable bonds is 4. The number of nitriles is 1. The molecule has 0 saturated heterocycles. The maximum absolute atomic E-state index is 12.3. The van der Waals surface area contributed by atoms with Crippen LogP contribution in [-0.4, -0.2) is 23.9 Å². The van der Waals surface area contributed by atoms with Gasteiger partial charge in [0.05, 0.1) is 0 Å². The fraction of sp³-hybridized carbons (Fsp3) is 0.444. The van der Waals surface area contributed by atoms with Crippen LogP contribution in [0.2, 0.25) is 0 Å². The Balaban J connectivity index is 2.06. The van der Waals surface area contributed by atoms with Crippen LogP contribution in [0.25, 0.3) is 0 Å². The van der Waals surface area contributed by atoms with Gasteiger partial charge in [-0.1, -0.05) is 37.5 Å². The summed E-state index contributed by atoms with van der Waals surface area (Å²) in [5, 5.41) is 12.1. The second-order valence-electron chi connectivity index (χ2n) is 5.88. The van der Waals surface area contributed by atoms with Crippen LogP contribution in [0.5, 0.6) is 0 Å². The molecule has 0 unspecified atom stereocenters. The van der Waals surface area contributed by atoms with E-state index < -0.39 is 0 Å². The van der Waals surface area contributed by atoms with E-state index in [1.165, 1.54) is 19.3 Å². The Bertz CT molecular complexity index is 595. The van der Waals surface area contributed by atoms with E-state index >= 15 is 0 Å². The molecule has 1 aromatic rings. The molecule has 0 heterocycles. The number of aryl methyl sites for hydroxylation is 1. The number of nitrogens with one attached hydrogen (secondary N) is 1. The average molecular weight is 297 g/mol. The molecule has 1 aliphatic carbocycles. The lowest BCUT2D eigenvalue weighted by Gasteiger charge is -2.30. The van der Waals surface area contributed by atoms with E-state index in [0.29, 0.717) is 6.04 Å². The molecule has 1 N–H and O–H groups in total. The van der Waals surface area contributed by atoms with Crippen LogP contribution < -0.4 is 5.32 Å². The van der Waals surface area contributed by atoms with E-state index in [9.17, 15) is 10.1 Å². The molecule has 0 atom stereocenters. The van der Waals surface area contributed by atoms with Gasteiger partial charge in [0.15, 0.2) is 0 Å².